The fourth-order valence-electron chi connectivity index (χ4n) is 1.11. The second kappa shape index (κ2) is 5.98. The number of carbonyl (C=O) groups excluding carboxylic acids is 1. The van der Waals surface area contributed by atoms with E-state index in [1.165, 1.54) is 6.07 Å². The number of rotatable bonds is 4. The third-order valence-electron chi connectivity index (χ3n) is 1.76. The molecule has 0 radical (unpaired) electrons. The minimum Gasteiger partial charge on any atom is -0.383 e. The van der Waals surface area contributed by atoms with Gasteiger partial charge < -0.3 is 10.1 Å². The van der Waals surface area contributed by atoms with E-state index in [9.17, 15) is 4.79 Å². The summed E-state index contributed by atoms with van der Waals surface area (Å²) >= 11 is 11.3. The number of amides is 1. The molecule has 0 aliphatic carbocycles. The van der Waals surface area contributed by atoms with Crippen LogP contribution in [0.15, 0.2) is 6.07 Å². The average molecular weight is 264 g/mol. The zero-order valence-corrected chi connectivity index (χ0v) is 10.3. The quantitative estimate of drug-likeness (QED) is 0.896. The van der Waals surface area contributed by atoms with Crippen LogP contribution in [0.3, 0.4) is 0 Å². The maximum atomic E-state index is 11.7. The first-order valence-corrected chi connectivity index (χ1v) is 5.28. The van der Waals surface area contributed by atoms with Crippen LogP contribution in [-0.4, -0.2) is 35.9 Å². The number of carbonyl (C=O) groups is 1. The van der Waals surface area contributed by atoms with Crippen LogP contribution in [0.25, 0.3) is 0 Å². The molecule has 0 spiro atoms. The Kier molecular flexibility index (Phi) is 4.92. The number of hydrogen-bond donors (Lipinski definition) is 1. The predicted molar refractivity (Wildman–Crippen MR) is 60.9 cm³/mol. The van der Waals surface area contributed by atoms with E-state index in [1.807, 2.05) is 6.92 Å². The summed E-state index contributed by atoms with van der Waals surface area (Å²) in [6.07, 6.45) is 0. The van der Waals surface area contributed by atoms with E-state index < -0.39 is 0 Å². The van der Waals surface area contributed by atoms with Crippen LogP contribution >= 0.6 is 23.2 Å². The maximum Gasteiger partial charge on any atom is 0.254 e. The Morgan fingerprint density at radius 1 is 1.56 bits per heavy atom. The molecule has 1 atom stereocenters. The summed E-state index contributed by atoms with van der Waals surface area (Å²) < 4.78 is 4.89. The standard InChI is InChI=1S/C9H11Cl2N3O2/c1-5(4-16-2)12-9(15)6-3-7(10)13-14-8(6)11/h3,5H,4H2,1-2H3,(H,12,15). The van der Waals surface area contributed by atoms with Gasteiger partial charge in [-0.1, -0.05) is 23.2 Å². The number of nitrogens with one attached hydrogen (secondary N) is 1. The largest absolute Gasteiger partial charge is 0.383 e. The fourth-order valence-corrected chi connectivity index (χ4v) is 1.43. The van der Waals surface area contributed by atoms with Gasteiger partial charge in [-0.05, 0) is 13.0 Å². The Morgan fingerprint density at radius 2 is 2.25 bits per heavy atom. The molecule has 88 valence electrons. The number of nitrogens with zero attached hydrogens (tertiary/aromatic N) is 2. The zero-order chi connectivity index (χ0) is 12.1. The number of aromatic nitrogens is 2. The van der Waals surface area contributed by atoms with Crippen molar-refractivity contribution < 1.29 is 9.53 Å². The van der Waals surface area contributed by atoms with E-state index >= 15 is 0 Å². The van der Waals surface area contributed by atoms with Gasteiger partial charge in [0.1, 0.15) is 0 Å². The third-order valence-corrected chi connectivity index (χ3v) is 2.22. The Morgan fingerprint density at radius 3 is 2.88 bits per heavy atom. The topological polar surface area (TPSA) is 64.1 Å². The van der Waals surface area contributed by atoms with Crippen molar-refractivity contribution in [3.05, 3.63) is 21.9 Å². The minimum atomic E-state index is -0.355. The van der Waals surface area contributed by atoms with Crippen molar-refractivity contribution in [3.63, 3.8) is 0 Å². The van der Waals surface area contributed by atoms with Gasteiger partial charge >= 0.3 is 0 Å². The van der Waals surface area contributed by atoms with Gasteiger partial charge in [0.05, 0.1) is 12.2 Å². The van der Waals surface area contributed by atoms with Crippen molar-refractivity contribution in [1.82, 2.24) is 15.5 Å². The first-order valence-electron chi connectivity index (χ1n) is 4.53. The Hall–Kier alpha value is -0.910. The highest BCUT2D eigenvalue weighted by molar-refractivity contribution is 6.34. The van der Waals surface area contributed by atoms with E-state index in [0.29, 0.717) is 6.61 Å². The normalized spacial score (nSPS) is 12.2. The molecular weight excluding hydrogens is 253 g/mol. The summed E-state index contributed by atoms with van der Waals surface area (Å²) in [5, 5.41) is 9.89. The molecule has 7 heteroatoms. The van der Waals surface area contributed by atoms with E-state index in [1.54, 1.807) is 7.11 Å². The minimum absolute atomic E-state index is 0.0199. The van der Waals surface area contributed by atoms with Gasteiger partial charge in [-0.3, -0.25) is 4.79 Å². The molecular formula is C9H11Cl2N3O2. The van der Waals surface area contributed by atoms with E-state index in [0.717, 1.165) is 0 Å². The van der Waals surface area contributed by atoms with Gasteiger partial charge in [-0.2, -0.15) is 0 Å². The Balaban J connectivity index is 2.76. The molecule has 1 aromatic heterocycles. The molecule has 1 aromatic rings. The van der Waals surface area contributed by atoms with Gasteiger partial charge in [0.25, 0.3) is 5.91 Å². The molecule has 0 saturated carbocycles. The van der Waals surface area contributed by atoms with Crippen LogP contribution in [0.1, 0.15) is 17.3 Å². The molecule has 1 amide bonds. The van der Waals surface area contributed by atoms with E-state index in [2.05, 4.69) is 15.5 Å². The number of methoxy groups -OCH3 is 1. The van der Waals surface area contributed by atoms with Crippen LogP contribution in [0.4, 0.5) is 0 Å². The highest BCUT2D eigenvalue weighted by atomic mass is 35.5. The van der Waals surface area contributed by atoms with Crippen LogP contribution in [-0.2, 0) is 4.74 Å². The highest BCUT2D eigenvalue weighted by Gasteiger charge is 2.15. The summed E-state index contributed by atoms with van der Waals surface area (Å²) in [6, 6.07) is 1.24. The summed E-state index contributed by atoms with van der Waals surface area (Å²) in [5.41, 5.74) is 0.199. The second-order valence-electron chi connectivity index (χ2n) is 3.20. The molecule has 0 bridgehead atoms. The highest BCUT2D eigenvalue weighted by Crippen LogP contribution is 2.15. The van der Waals surface area contributed by atoms with Crippen molar-refractivity contribution in [2.24, 2.45) is 0 Å². The summed E-state index contributed by atoms with van der Waals surface area (Å²) in [7, 11) is 1.56. The molecule has 1 rings (SSSR count). The lowest BCUT2D eigenvalue weighted by molar-refractivity contribution is 0.0905. The van der Waals surface area contributed by atoms with Crippen LogP contribution in [0.2, 0.25) is 10.3 Å². The molecule has 0 aromatic carbocycles. The van der Waals surface area contributed by atoms with E-state index in [4.69, 9.17) is 27.9 Å². The molecule has 16 heavy (non-hydrogen) atoms. The first-order chi connectivity index (χ1) is 7.54. The van der Waals surface area contributed by atoms with Crippen molar-refractivity contribution in [3.8, 4) is 0 Å². The Labute approximate surface area is 103 Å². The van der Waals surface area contributed by atoms with Crippen LogP contribution < -0.4 is 5.32 Å². The van der Waals surface area contributed by atoms with Gasteiger partial charge in [-0.15, -0.1) is 10.2 Å². The van der Waals surface area contributed by atoms with Gasteiger partial charge in [0.15, 0.2) is 10.3 Å². The molecule has 5 nitrogen and oxygen atoms in total. The fraction of sp³-hybridized carbons (Fsp3) is 0.444. The number of halogens is 2. The lowest BCUT2D eigenvalue weighted by atomic mass is 10.2. The molecule has 1 unspecified atom stereocenters. The predicted octanol–water partition coefficient (Wildman–Crippen LogP) is 1.55. The average Bonchev–Trinajstić information content (AvgIpc) is 2.21. The van der Waals surface area contributed by atoms with Gasteiger partial charge in [0.2, 0.25) is 0 Å². The first kappa shape index (κ1) is 13.2. The van der Waals surface area contributed by atoms with Crippen LogP contribution in [0.5, 0.6) is 0 Å². The smallest absolute Gasteiger partial charge is 0.254 e. The third kappa shape index (κ3) is 3.59. The summed E-state index contributed by atoms with van der Waals surface area (Å²) in [6.45, 7) is 2.22. The summed E-state index contributed by atoms with van der Waals surface area (Å²) in [5.74, 6) is -0.355. The van der Waals surface area contributed by atoms with Crippen LogP contribution in [0, 0.1) is 0 Å². The molecule has 1 heterocycles. The maximum absolute atomic E-state index is 11.7. The van der Waals surface area contributed by atoms with Crippen molar-refractivity contribution >= 4 is 29.1 Å². The van der Waals surface area contributed by atoms with Crippen molar-refractivity contribution in [2.75, 3.05) is 13.7 Å². The zero-order valence-electron chi connectivity index (χ0n) is 8.83. The number of hydrogen-bond acceptors (Lipinski definition) is 4. The summed E-state index contributed by atoms with van der Waals surface area (Å²) in [4.78, 5) is 11.7. The van der Waals surface area contributed by atoms with E-state index in [-0.39, 0.29) is 27.8 Å². The molecule has 1 N–H and O–H groups in total. The molecule has 0 fully saturated rings. The number of ether oxygens (including phenoxy) is 1. The lowest BCUT2D eigenvalue weighted by Crippen LogP contribution is -2.35. The van der Waals surface area contributed by atoms with Gasteiger partial charge in [0, 0.05) is 13.2 Å². The monoisotopic (exact) mass is 263 g/mol. The Bertz CT molecular complexity index is 387. The molecule has 0 saturated heterocycles. The SMILES string of the molecule is COCC(C)NC(=O)c1cc(Cl)nnc1Cl. The van der Waals surface area contributed by atoms with Gasteiger partial charge in [-0.25, -0.2) is 0 Å². The lowest BCUT2D eigenvalue weighted by Gasteiger charge is -2.12. The van der Waals surface area contributed by atoms with Crippen molar-refractivity contribution in [2.45, 2.75) is 13.0 Å². The molecule has 0 aliphatic heterocycles. The second-order valence-corrected chi connectivity index (χ2v) is 3.95. The van der Waals surface area contributed by atoms with Crippen molar-refractivity contribution in [1.29, 1.82) is 0 Å². The molecule has 0 aliphatic rings.